The molecule has 6 heteroatoms. The van der Waals surface area contributed by atoms with E-state index < -0.39 is 17.5 Å². The van der Waals surface area contributed by atoms with E-state index in [1.165, 1.54) is 17.5 Å². The zero-order chi connectivity index (χ0) is 11.7. The molecule has 84 valence electrons. The SMILES string of the molecule is NCc1cnc(-c2cc(F)c(F)c(F)c2)s1. The third kappa shape index (κ3) is 1.94. The van der Waals surface area contributed by atoms with Gasteiger partial charge in [0.25, 0.3) is 0 Å². The molecule has 1 aromatic heterocycles. The molecule has 1 aromatic carbocycles. The van der Waals surface area contributed by atoms with Crippen LogP contribution in [0.15, 0.2) is 18.3 Å². The molecule has 2 rings (SSSR count). The molecule has 0 amide bonds. The standard InChI is InChI=1S/C10H7F3N2S/c11-7-1-5(2-8(12)9(7)13)10-15-4-6(3-14)16-10/h1-2,4H,3,14H2. The topological polar surface area (TPSA) is 38.9 Å². The van der Waals surface area contributed by atoms with E-state index in [1.807, 2.05) is 0 Å². The average molecular weight is 244 g/mol. The zero-order valence-electron chi connectivity index (χ0n) is 8.01. The summed E-state index contributed by atoms with van der Waals surface area (Å²) in [7, 11) is 0. The molecule has 0 aliphatic rings. The molecule has 0 atom stereocenters. The first-order chi connectivity index (χ1) is 7.61. The summed E-state index contributed by atoms with van der Waals surface area (Å²) in [6, 6.07) is 1.83. The van der Waals surface area contributed by atoms with Crippen molar-refractivity contribution >= 4 is 11.3 Å². The van der Waals surface area contributed by atoms with Gasteiger partial charge < -0.3 is 5.73 Å². The molecule has 1 heterocycles. The van der Waals surface area contributed by atoms with E-state index in [9.17, 15) is 13.2 Å². The van der Waals surface area contributed by atoms with E-state index in [-0.39, 0.29) is 5.56 Å². The van der Waals surface area contributed by atoms with Gasteiger partial charge in [-0.15, -0.1) is 11.3 Å². The van der Waals surface area contributed by atoms with E-state index in [0.29, 0.717) is 11.6 Å². The van der Waals surface area contributed by atoms with Crippen molar-refractivity contribution < 1.29 is 13.2 Å². The van der Waals surface area contributed by atoms with Crippen molar-refractivity contribution in [2.75, 3.05) is 0 Å². The summed E-state index contributed by atoms with van der Waals surface area (Å²) in [5.74, 6) is -3.92. The van der Waals surface area contributed by atoms with Gasteiger partial charge in [-0.2, -0.15) is 0 Å². The normalized spacial score (nSPS) is 10.8. The van der Waals surface area contributed by atoms with Crippen LogP contribution in [0.5, 0.6) is 0 Å². The van der Waals surface area contributed by atoms with E-state index >= 15 is 0 Å². The van der Waals surface area contributed by atoms with Gasteiger partial charge in [0.1, 0.15) is 5.01 Å². The van der Waals surface area contributed by atoms with Crippen LogP contribution in [0.4, 0.5) is 13.2 Å². The first-order valence-corrected chi connectivity index (χ1v) is 5.23. The molecule has 2 nitrogen and oxygen atoms in total. The van der Waals surface area contributed by atoms with Crippen molar-refractivity contribution in [3.05, 3.63) is 40.7 Å². The number of benzene rings is 1. The van der Waals surface area contributed by atoms with E-state index in [0.717, 1.165) is 17.0 Å². The third-order valence-electron chi connectivity index (χ3n) is 1.99. The lowest BCUT2D eigenvalue weighted by Gasteiger charge is -1.99. The van der Waals surface area contributed by atoms with Crippen molar-refractivity contribution in [1.82, 2.24) is 4.98 Å². The summed E-state index contributed by atoms with van der Waals surface area (Å²) in [5.41, 5.74) is 5.60. The second-order valence-electron chi connectivity index (χ2n) is 3.09. The van der Waals surface area contributed by atoms with Crippen LogP contribution >= 0.6 is 11.3 Å². The Balaban J connectivity index is 2.48. The Kier molecular flexibility index (Phi) is 2.93. The number of rotatable bonds is 2. The van der Waals surface area contributed by atoms with Crippen LogP contribution in [0, 0.1) is 17.5 Å². The summed E-state index contributed by atoms with van der Waals surface area (Å²) >= 11 is 1.22. The van der Waals surface area contributed by atoms with Gasteiger partial charge in [-0.05, 0) is 12.1 Å². The van der Waals surface area contributed by atoms with Crippen molar-refractivity contribution in [1.29, 1.82) is 0 Å². The van der Waals surface area contributed by atoms with Gasteiger partial charge in [0.2, 0.25) is 0 Å². The predicted molar refractivity (Wildman–Crippen MR) is 55.3 cm³/mol. The van der Waals surface area contributed by atoms with Crippen molar-refractivity contribution in [2.45, 2.75) is 6.54 Å². The maximum Gasteiger partial charge on any atom is 0.194 e. The summed E-state index contributed by atoms with van der Waals surface area (Å²) < 4.78 is 38.6. The first-order valence-electron chi connectivity index (χ1n) is 4.41. The monoisotopic (exact) mass is 244 g/mol. The lowest BCUT2D eigenvalue weighted by Crippen LogP contribution is -1.91. The highest BCUT2D eigenvalue weighted by Gasteiger charge is 2.13. The maximum absolute atomic E-state index is 13.0. The first kappa shape index (κ1) is 11.1. The largest absolute Gasteiger partial charge is 0.326 e. The minimum absolute atomic E-state index is 0.209. The molecular weight excluding hydrogens is 237 g/mol. The Bertz CT molecular complexity index is 502. The Morgan fingerprint density at radius 3 is 2.31 bits per heavy atom. The Morgan fingerprint density at radius 1 is 1.19 bits per heavy atom. The molecule has 16 heavy (non-hydrogen) atoms. The lowest BCUT2D eigenvalue weighted by atomic mass is 10.2. The molecule has 0 aliphatic carbocycles. The lowest BCUT2D eigenvalue weighted by molar-refractivity contribution is 0.447. The fraction of sp³-hybridized carbons (Fsp3) is 0.100. The summed E-state index contributed by atoms with van der Waals surface area (Å²) in [6.07, 6.45) is 1.53. The minimum Gasteiger partial charge on any atom is -0.326 e. The van der Waals surface area contributed by atoms with E-state index in [2.05, 4.69) is 4.98 Å². The maximum atomic E-state index is 13.0. The molecule has 0 saturated carbocycles. The van der Waals surface area contributed by atoms with Crippen LogP contribution in [0.25, 0.3) is 10.6 Å². The highest BCUT2D eigenvalue weighted by molar-refractivity contribution is 7.15. The number of aromatic nitrogens is 1. The molecular formula is C10H7F3N2S. The molecule has 0 spiro atoms. The number of hydrogen-bond donors (Lipinski definition) is 1. The van der Waals surface area contributed by atoms with Gasteiger partial charge >= 0.3 is 0 Å². The quantitative estimate of drug-likeness (QED) is 0.825. The van der Waals surface area contributed by atoms with Gasteiger partial charge in [0.15, 0.2) is 17.5 Å². The summed E-state index contributed by atoms with van der Waals surface area (Å²) in [4.78, 5) is 4.74. The summed E-state index contributed by atoms with van der Waals surface area (Å²) in [6.45, 7) is 0.309. The van der Waals surface area contributed by atoms with Gasteiger partial charge in [0.05, 0.1) is 0 Å². The summed E-state index contributed by atoms with van der Waals surface area (Å²) in [5, 5.41) is 0.415. The molecule has 2 aromatic rings. The predicted octanol–water partition coefficient (Wildman–Crippen LogP) is 2.69. The fourth-order valence-electron chi connectivity index (χ4n) is 1.21. The van der Waals surface area contributed by atoms with Crippen molar-refractivity contribution in [3.63, 3.8) is 0 Å². The highest BCUT2D eigenvalue weighted by atomic mass is 32.1. The smallest absolute Gasteiger partial charge is 0.194 e. The van der Waals surface area contributed by atoms with Crippen LogP contribution in [0.3, 0.4) is 0 Å². The van der Waals surface area contributed by atoms with Gasteiger partial charge in [-0.25, -0.2) is 18.2 Å². The number of halogens is 3. The molecule has 0 saturated heterocycles. The Morgan fingerprint density at radius 2 is 1.81 bits per heavy atom. The average Bonchev–Trinajstić information content (AvgIpc) is 2.73. The number of hydrogen-bond acceptors (Lipinski definition) is 3. The Hall–Kier alpha value is -1.40. The van der Waals surface area contributed by atoms with Gasteiger partial charge in [0, 0.05) is 23.2 Å². The van der Waals surface area contributed by atoms with E-state index in [4.69, 9.17) is 5.73 Å². The van der Waals surface area contributed by atoms with Crippen LogP contribution in [0.1, 0.15) is 4.88 Å². The second-order valence-corrected chi connectivity index (χ2v) is 4.20. The van der Waals surface area contributed by atoms with E-state index in [1.54, 1.807) is 0 Å². The van der Waals surface area contributed by atoms with Crippen LogP contribution in [-0.2, 0) is 6.54 Å². The minimum atomic E-state index is -1.47. The molecule has 2 N–H and O–H groups in total. The zero-order valence-corrected chi connectivity index (χ0v) is 8.82. The van der Waals surface area contributed by atoms with Crippen molar-refractivity contribution in [3.8, 4) is 10.6 Å². The molecule has 0 radical (unpaired) electrons. The number of nitrogens with zero attached hydrogens (tertiary/aromatic N) is 1. The van der Waals surface area contributed by atoms with Crippen molar-refractivity contribution in [2.24, 2.45) is 5.73 Å². The highest BCUT2D eigenvalue weighted by Crippen LogP contribution is 2.27. The second kappa shape index (κ2) is 4.23. The van der Waals surface area contributed by atoms with Gasteiger partial charge in [-0.3, -0.25) is 0 Å². The van der Waals surface area contributed by atoms with Gasteiger partial charge in [-0.1, -0.05) is 0 Å². The van der Waals surface area contributed by atoms with Crippen LogP contribution in [-0.4, -0.2) is 4.98 Å². The molecule has 0 bridgehead atoms. The van der Waals surface area contributed by atoms with Crippen LogP contribution < -0.4 is 5.73 Å². The number of nitrogens with two attached hydrogens (primary N) is 1. The molecule has 0 unspecified atom stereocenters. The fourth-order valence-corrected chi connectivity index (χ4v) is 1.99. The molecule has 0 aliphatic heterocycles. The Labute approximate surface area is 93.5 Å². The van der Waals surface area contributed by atoms with Crippen LogP contribution in [0.2, 0.25) is 0 Å². The number of thiazole rings is 1. The third-order valence-corrected chi connectivity index (χ3v) is 3.05. The molecule has 0 fully saturated rings.